The Labute approximate surface area is 117 Å². The first-order valence-corrected chi connectivity index (χ1v) is 6.17. The first-order valence-electron chi connectivity index (χ1n) is 6.17. The molecule has 0 aliphatic rings. The van der Waals surface area contributed by atoms with Gasteiger partial charge in [-0.1, -0.05) is 18.2 Å². The second-order valence-electron chi connectivity index (χ2n) is 4.35. The fourth-order valence-electron chi connectivity index (χ4n) is 1.89. The number of carbonyl (C=O) groups is 1. The van der Waals surface area contributed by atoms with Crippen LogP contribution >= 0.6 is 0 Å². The molecular formula is C16H15FO3. The van der Waals surface area contributed by atoms with Crippen LogP contribution in [0.25, 0.3) is 0 Å². The quantitative estimate of drug-likeness (QED) is 0.800. The summed E-state index contributed by atoms with van der Waals surface area (Å²) in [6.45, 7) is 1.99. The Morgan fingerprint density at radius 3 is 2.65 bits per heavy atom. The summed E-state index contributed by atoms with van der Waals surface area (Å²) in [6.07, 6.45) is 0. The standard InChI is InChI=1S/C16H15FO3/c1-11-9-13(17)7-8-15(11)20-10-12-5-3-4-6-14(12)16(18)19-2/h3-9H,10H2,1-2H3. The maximum absolute atomic E-state index is 13.0. The van der Waals surface area contributed by atoms with Crippen LogP contribution in [0.5, 0.6) is 5.75 Å². The van der Waals surface area contributed by atoms with Gasteiger partial charge >= 0.3 is 5.97 Å². The number of ether oxygens (including phenoxy) is 2. The third-order valence-electron chi connectivity index (χ3n) is 2.94. The lowest BCUT2D eigenvalue weighted by Gasteiger charge is -2.11. The van der Waals surface area contributed by atoms with Gasteiger partial charge in [0, 0.05) is 5.56 Å². The Morgan fingerprint density at radius 1 is 1.20 bits per heavy atom. The van der Waals surface area contributed by atoms with Crippen LogP contribution in [0, 0.1) is 12.7 Å². The highest BCUT2D eigenvalue weighted by Gasteiger charge is 2.11. The molecule has 2 aromatic carbocycles. The van der Waals surface area contributed by atoms with Crippen molar-refractivity contribution in [1.82, 2.24) is 0 Å². The number of halogens is 1. The average molecular weight is 274 g/mol. The smallest absolute Gasteiger partial charge is 0.338 e. The van der Waals surface area contributed by atoms with E-state index in [0.29, 0.717) is 16.9 Å². The summed E-state index contributed by atoms with van der Waals surface area (Å²) >= 11 is 0. The highest BCUT2D eigenvalue weighted by atomic mass is 19.1. The molecule has 0 atom stereocenters. The van der Waals surface area contributed by atoms with Crippen molar-refractivity contribution in [3.05, 3.63) is 65.0 Å². The van der Waals surface area contributed by atoms with Crippen molar-refractivity contribution < 1.29 is 18.7 Å². The largest absolute Gasteiger partial charge is 0.489 e. The third kappa shape index (κ3) is 3.15. The fraction of sp³-hybridized carbons (Fsp3) is 0.188. The van der Waals surface area contributed by atoms with Crippen LogP contribution in [0.2, 0.25) is 0 Å². The fourth-order valence-corrected chi connectivity index (χ4v) is 1.89. The van der Waals surface area contributed by atoms with E-state index < -0.39 is 5.97 Å². The van der Waals surface area contributed by atoms with Gasteiger partial charge in [-0.2, -0.15) is 0 Å². The number of esters is 1. The second-order valence-corrected chi connectivity index (χ2v) is 4.35. The molecule has 2 aromatic rings. The van der Waals surface area contributed by atoms with Crippen molar-refractivity contribution in [2.75, 3.05) is 7.11 Å². The monoisotopic (exact) mass is 274 g/mol. The van der Waals surface area contributed by atoms with Gasteiger partial charge in [0.25, 0.3) is 0 Å². The minimum absolute atomic E-state index is 0.220. The van der Waals surface area contributed by atoms with E-state index in [-0.39, 0.29) is 12.4 Å². The molecule has 0 saturated carbocycles. The number of aryl methyl sites for hydroxylation is 1. The minimum atomic E-state index is -0.403. The van der Waals surface area contributed by atoms with Gasteiger partial charge in [-0.3, -0.25) is 0 Å². The predicted octanol–water partition coefficient (Wildman–Crippen LogP) is 3.50. The van der Waals surface area contributed by atoms with E-state index in [1.807, 2.05) is 6.07 Å². The van der Waals surface area contributed by atoms with Gasteiger partial charge < -0.3 is 9.47 Å². The number of hydrogen-bond acceptors (Lipinski definition) is 3. The van der Waals surface area contributed by atoms with Crippen LogP contribution in [-0.2, 0) is 11.3 Å². The molecule has 0 heterocycles. The first kappa shape index (κ1) is 14.1. The summed E-state index contributed by atoms with van der Waals surface area (Å²) in [4.78, 5) is 11.6. The maximum Gasteiger partial charge on any atom is 0.338 e. The summed E-state index contributed by atoms with van der Waals surface area (Å²) in [7, 11) is 1.34. The van der Waals surface area contributed by atoms with Gasteiger partial charge in [0.05, 0.1) is 12.7 Å². The molecule has 0 unspecified atom stereocenters. The van der Waals surface area contributed by atoms with Crippen molar-refractivity contribution in [3.63, 3.8) is 0 Å². The van der Waals surface area contributed by atoms with Gasteiger partial charge in [-0.25, -0.2) is 9.18 Å². The Balaban J connectivity index is 2.17. The van der Waals surface area contributed by atoms with Gasteiger partial charge in [-0.05, 0) is 36.8 Å². The molecule has 2 rings (SSSR count). The molecule has 0 spiro atoms. The van der Waals surface area contributed by atoms with Crippen molar-refractivity contribution >= 4 is 5.97 Å². The van der Waals surface area contributed by atoms with Gasteiger partial charge in [0.1, 0.15) is 18.2 Å². The van der Waals surface area contributed by atoms with Crippen LogP contribution in [-0.4, -0.2) is 13.1 Å². The summed E-state index contributed by atoms with van der Waals surface area (Å²) < 4.78 is 23.4. The molecule has 3 nitrogen and oxygen atoms in total. The van der Waals surface area contributed by atoms with Gasteiger partial charge in [-0.15, -0.1) is 0 Å². The zero-order valence-corrected chi connectivity index (χ0v) is 11.4. The number of methoxy groups -OCH3 is 1. The molecule has 0 aliphatic heterocycles. The number of rotatable bonds is 4. The Bertz CT molecular complexity index is 623. The maximum atomic E-state index is 13.0. The SMILES string of the molecule is COC(=O)c1ccccc1COc1ccc(F)cc1C. The van der Waals surface area contributed by atoms with Crippen molar-refractivity contribution in [3.8, 4) is 5.75 Å². The lowest BCUT2D eigenvalue weighted by molar-refractivity contribution is 0.0597. The lowest BCUT2D eigenvalue weighted by atomic mass is 10.1. The molecule has 0 N–H and O–H groups in total. The van der Waals surface area contributed by atoms with E-state index >= 15 is 0 Å². The Morgan fingerprint density at radius 2 is 1.95 bits per heavy atom. The van der Waals surface area contributed by atoms with Crippen LogP contribution in [0.1, 0.15) is 21.5 Å². The minimum Gasteiger partial charge on any atom is -0.489 e. The van der Waals surface area contributed by atoms with Crippen LogP contribution in [0.4, 0.5) is 4.39 Å². The molecular weight excluding hydrogens is 259 g/mol. The highest BCUT2D eigenvalue weighted by molar-refractivity contribution is 5.90. The Hall–Kier alpha value is -2.36. The van der Waals surface area contributed by atoms with Crippen LogP contribution in [0.3, 0.4) is 0 Å². The van der Waals surface area contributed by atoms with E-state index in [1.165, 1.54) is 19.2 Å². The summed E-state index contributed by atoms with van der Waals surface area (Å²) in [5, 5.41) is 0. The summed E-state index contributed by atoms with van der Waals surface area (Å²) in [5.41, 5.74) is 1.90. The molecule has 0 aliphatic carbocycles. The van der Waals surface area contributed by atoms with E-state index in [4.69, 9.17) is 9.47 Å². The van der Waals surface area contributed by atoms with Crippen molar-refractivity contribution in [2.24, 2.45) is 0 Å². The first-order chi connectivity index (χ1) is 9.61. The zero-order valence-electron chi connectivity index (χ0n) is 11.4. The molecule has 0 fully saturated rings. The highest BCUT2D eigenvalue weighted by Crippen LogP contribution is 2.20. The van der Waals surface area contributed by atoms with Crippen molar-refractivity contribution in [1.29, 1.82) is 0 Å². The predicted molar refractivity (Wildman–Crippen MR) is 73.3 cm³/mol. The van der Waals surface area contributed by atoms with E-state index in [2.05, 4.69) is 0 Å². The lowest BCUT2D eigenvalue weighted by Crippen LogP contribution is -2.08. The molecule has 0 saturated heterocycles. The molecule has 0 bridgehead atoms. The van der Waals surface area contributed by atoms with Crippen LogP contribution in [0.15, 0.2) is 42.5 Å². The molecule has 0 aromatic heterocycles. The second kappa shape index (κ2) is 6.19. The van der Waals surface area contributed by atoms with E-state index in [1.54, 1.807) is 31.2 Å². The molecule has 0 amide bonds. The molecule has 4 heteroatoms. The summed E-state index contributed by atoms with van der Waals surface area (Å²) in [6, 6.07) is 11.4. The topological polar surface area (TPSA) is 35.5 Å². The Kier molecular flexibility index (Phi) is 4.35. The average Bonchev–Trinajstić information content (AvgIpc) is 2.46. The molecule has 20 heavy (non-hydrogen) atoms. The van der Waals surface area contributed by atoms with Crippen molar-refractivity contribution in [2.45, 2.75) is 13.5 Å². The molecule has 0 radical (unpaired) electrons. The van der Waals surface area contributed by atoms with Gasteiger partial charge in [0.15, 0.2) is 0 Å². The molecule has 104 valence electrons. The van der Waals surface area contributed by atoms with E-state index in [0.717, 1.165) is 5.56 Å². The van der Waals surface area contributed by atoms with Crippen LogP contribution < -0.4 is 4.74 Å². The zero-order chi connectivity index (χ0) is 14.5. The number of carbonyl (C=O) groups excluding carboxylic acids is 1. The van der Waals surface area contributed by atoms with E-state index in [9.17, 15) is 9.18 Å². The third-order valence-corrected chi connectivity index (χ3v) is 2.94. The summed E-state index contributed by atoms with van der Waals surface area (Å²) in [5.74, 6) is -0.115. The number of hydrogen-bond donors (Lipinski definition) is 0. The normalized spacial score (nSPS) is 10.2. The number of benzene rings is 2. The van der Waals surface area contributed by atoms with Gasteiger partial charge in [0.2, 0.25) is 0 Å².